The number of nitrogens with two attached hydrogens (primary N) is 1. The Morgan fingerprint density at radius 2 is 1.83 bits per heavy atom. The number of anilines is 1. The molecule has 4 N–H and O–H groups in total. The van der Waals surface area contributed by atoms with Crippen molar-refractivity contribution < 1.29 is 17.9 Å². The van der Waals surface area contributed by atoms with Crippen molar-refractivity contribution in [3.8, 4) is 22.5 Å². The number of aliphatic hydroxyl groups excluding tert-OH is 1. The van der Waals surface area contributed by atoms with Crippen LogP contribution in [0.5, 0.6) is 0 Å². The van der Waals surface area contributed by atoms with E-state index in [1.807, 2.05) is 6.92 Å². The van der Waals surface area contributed by atoms with E-state index in [9.17, 15) is 17.9 Å². The van der Waals surface area contributed by atoms with Gasteiger partial charge in [-0.25, -0.2) is 27.5 Å². The summed E-state index contributed by atoms with van der Waals surface area (Å²) in [5, 5.41) is 9.71. The van der Waals surface area contributed by atoms with Gasteiger partial charge in [0.15, 0.2) is 11.5 Å². The van der Waals surface area contributed by atoms with Crippen LogP contribution < -0.4 is 10.5 Å². The molecule has 182 valence electrons. The first-order valence-corrected chi connectivity index (χ1v) is 12.9. The van der Waals surface area contributed by atoms with Gasteiger partial charge in [0.05, 0.1) is 28.6 Å². The zero-order chi connectivity index (χ0) is 24.7. The molecule has 35 heavy (non-hydrogen) atoms. The van der Waals surface area contributed by atoms with Gasteiger partial charge in [0.1, 0.15) is 5.82 Å². The topological polar surface area (TPSA) is 123 Å². The van der Waals surface area contributed by atoms with Crippen LogP contribution in [0.15, 0.2) is 59.8 Å². The summed E-state index contributed by atoms with van der Waals surface area (Å²) in [6.07, 6.45) is 5.40. The molecule has 0 saturated heterocycles. The normalized spacial score (nSPS) is 18.7. The number of aryl methyl sites for hydroxylation is 1. The molecule has 4 aromatic rings. The Morgan fingerprint density at radius 1 is 1.11 bits per heavy atom. The minimum atomic E-state index is -3.76. The van der Waals surface area contributed by atoms with Crippen LogP contribution in [-0.4, -0.2) is 40.0 Å². The van der Waals surface area contributed by atoms with Crippen LogP contribution in [0.3, 0.4) is 0 Å². The largest absolute Gasteiger partial charge is 0.393 e. The molecule has 1 aliphatic carbocycles. The second-order valence-corrected chi connectivity index (χ2v) is 10.7. The number of hydrogen-bond acceptors (Lipinski definition) is 6. The van der Waals surface area contributed by atoms with Gasteiger partial charge in [-0.05, 0) is 74.6 Å². The predicted molar refractivity (Wildman–Crippen MR) is 132 cm³/mol. The number of hydrogen-bond donors (Lipinski definition) is 3. The van der Waals surface area contributed by atoms with Crippen LogP contribution in [0.2, 0.25) is 0 Å². The molecule has 5 rings (SSSR count). The Hall–Kier alpha value is -3.34. The van der Waals surface area contributed by atoms with Crippen molar-refractivity contribution >= 4 is 21.5 Å². The molecule has 0 amide bonds. The maximum atomic E-state index is 13.4. The fourth-order valence-corrected chi connectivity index (χ4v) is 5.83. The van der Waals surface area contributed by atoms with E-state index in [-0.39, 0.29) is 28.7 Å². The third kappa shape index (κ3) is 4.64. The highest BCUT2D eigenvalue weighted by Crippen LogP contribution is 2.30. The van der Waals surface area contributed by atoms with Crippen LogP contribution in [-0.2, 0) is 10.0 Å². The van der Waals surface area contributed by atoms with Gasteiger partial charge in [0.2, 0.25) is 10.0 Å². The Balaban J connectivity index is 1.54. The number of rotatable bonds is 5. The van der Waals surface area contributed by atoms with Gasteiger partial charge >= 0.3 is 0 Å². The number of aliphatic hydroxyl groups is 1. The average Bonchev–Trinajstić information content (AvgIpc) is 3.25. The summed E-state index contributed by atoms with van der Waals surface area (Å²) < 4.78 is 44.2. The minimum absolute atomic E-state index is 0.153. The van der Waals surface area contributed by atoms with E-state index in [2.05, 4.69) is 14.7 Å². The van der Waals surface area contributed by atoms with E-state index in [4.69, 9.17) is 5.73 Å². The second kappa shape index (κ2) is 9.03. The molecule has 0 unspecified atom stereocenters. The van der Waals surface area contributed by atoms with Crippen LogP contribution in [0, 0.1) is 12.7 Å². The third-order valence-corrected chi connectivity index (χ3v) is 7.99. The highest BCUT2D eigenvalue weighted by Gasteiger charge is 2.25. The molecule has 10 heteroatoms. The first-order valence-electron chi connectivity index (χ1n) is 11.4. The zero-order valence-electron chi connectivity index (χ0n) is 19.1. The number of nitrogens with zero attached hydrogens (tertiary/aromatic N) is 3. The molecule has 1 fully saturated rings. The summed E-state index contributed by atoms with van der Waals surface area (Å²) in [6, 6.07) is 10.7. The van der Waals surface area contributed by atoms with Crippen molar-refractivity contribution in [1.82, 2.24) is 19.1 Å². The first kappa shape index (κ1) is 23.4. The van der Waals surface area contributed by atoms with Crippen LogP contribution in [0.4, 0.5) is 10.2 Å². The molecule has 0 radical (unpaired) electrons. The molecule has 2 aromatic carbocycles. The fraction of sp³-hybridized carbons (Fsp3) is 0.280. The molecule has 0 atom stereocenters. The van der Waals surface area contributed by atoms with E-state index in [1.165, 1.54) is 12.1 Å². The van der Waals surface area contributed by atoms with Gasteiger partial charge in [-0.3, -0.25) is 4.40 Å². The van der Waals surface area contributed by atoms with E-state index < -0.39 is 10.0 Å². The standard InChI is InChI=1S/C25H26FN5O3S/c1-15-2-11-20(35(33,34)30-18-7-9-19(32)10-8-18)12-21(15)23-13-28-25-24(27)29-22(14-31(23)25)16-3-5-17(26)6-4-16/h2-6,11-14,18-19,30,32H,7-10H2,1H3,(H2,27,29). The Morgan fingerprint density at radius 3 is 2.54 bits per heavy atom. The van der Waals surface area contributed by atoms with Crippen LogP contribution in [0.25, 0.3) is 28.2 Å². The second-order valence-electron chi connectivity index (χ2n) is 8.96. The van der Waals surface area contributed by atoms with Gasteiger partial charge in [-0.15, -0.1) is 0 Å². The maximum absolute atomic E-state index is 13.4. The van der Waals surface area contributed by atoms with Crippen molar-refractivity contribution in [2.75, 3.05) is 5.73 Å². The van der Waals surface area contributed by atoms with Crippen molar-refractivity contribution in [1.29, 1.82) is 0 Å². The van der Waals surface area contributed by atoms with E-state index >= 15 is 0 Å². The van der Waals surface area contributed by atoms with Gasteiger partial charge in [0.25, 0.3) is 0 Å². The molecule has 0 bridgehead atoms. The highest BCUT2D eigenvalue weighted by molar-refractivity contribution is 7.89. The van der Waals surface area contributed by atoms with Crippen molar-refractivity contribution in [2.24, 2.45) is 0 Å². The summed E-state index contributed by atoms with van der Waals surface area (Å²) in [7, 11) is -3.76. The Kier molecular flexibility index (Phi) is 6.04. The SMILES string of the molecule is Cc1ccc(S(=O)(=O)NC2CCC(O)CC2)cc1-c1cnc2c(N)nc(-c3ccc(F)cc3)cn12. The number of aromatic nitrogens is 3. The summed E-state index contributed by atoms with van der Waals surface area (Å²) >= 11 is 0. The average molecular weight is 496 g/mol. The van der Waals surface area contributed by atoms with Crippen molar-refractivity contribution in [3.63, 3.8) is 0 Å². The molecule has 8 nitrogen and oxygen atoms in total. The predicted octanol–water partition coefficient (Wildman–Crippen LogP) is 3.67. The van der Waals surface area contributed by atoms with Gasteiger partial charge in [-0.2, -0.15) is 0 Å². The molecule has 1 saturated carbocycles. The van der Waals surface area contributed by atoms with Gasteiger partial charge in [0, 0.05) is 23.4 Å². The molecular formula is C25H26FN5O3S. The quantitative estimate of drug-likeness (QED) is 0.388. The summed E-state index contributed by atoms with van der Waals surface area (Å²) in [5.41, 5.74) is 10.1. The Bertz CT molecular complexity index is 1490. The smallest absolute Gasteiger partial charge is 0.240 e. The lowest BCUT2D eigenvalue weighted by atomic mass is 9.94. The Labute approximate surface area is 202 Å². The van der Waals surface area contributed by atoms with E-state index in [1.54, 1.807) is 47.1 Å². The summed E-state index contributed by atoms with van der Waals surface area (Å²) in [4.78, 5) is 8.96. The van der Waals surface area contributed by atoms with Crippen molar-refractivity contribution in [2.45, 2.75) is 49.6 Å². The molecule has 2 heterocycles. The lowest BCUT2D eigenvalue weighted by Crippen LogP contribution is -2.38. The lowest BCUT2D eigenvalue weighted by Gasteiger charge is -2.26. The zero-order valence-corrected chi connectivity index (χ0v) is 20.0. The van der Waals surface area contributed by atoms with E-state index in [0.717, 1.165) is 5.56 Å². The summed E-state index contributed by atoms with van der Waals surface area (Å²) in [5.74, 6) is -0.140. The molecular weight excluding hydrogens is 469 g/mol. The number of halogens is 1. The monoisotopic (exact) mass is 495 g/mol. The fourth-order valence-electron chi connectivity index (χ4n) is 4.50. The molecule has 1 aliphatic rings. The van der Waals surface area contributed by atoms with Crippen LogP contribution >= 0.6 is 0 Å². The minimum Gasteiger partial charge on any atom is -0.393 e. The number of imidazole rings is 1. The molecule has 0 aliphatic heterocycles. The first-order chi connectivity index (χ1) is 16.7. The summed E-state index contributed by atoms with van der Waals surface area (Å²) in [6.45, 7) is 1.90. The number of fused-ring (bicyclic) bond motifs is 1. The number of nitrogen functional groups attached to an aromatic ring is 1. The lowest BCUT2D eigenvalue weighted by molar-refractivity contribution is 0.120. The van der Waals surface area contributed by atoms with Gasteiger partial charge in [-0.1, -0.05) is 6.07 Å². The number of nitrogens with one attached hydrogen (secondary N) is 1. The number of sulfonamides is 1. The van der Waals surface area contributed by atoms with Crippen molar-refractivity contribution in [3.05, 3.63) is 66.2 Å². The molecule has 2 aromatic heterocycles. The number of benzene rings is 2. The van der Waals surface area contributed by atoms with Crippen LogP contribution in [0.1, 0.15) is 31.2 Å². The third-order valence-electron chi connectivity index (χ3n) is 6.47. The van der Waals surface area contributed by atoms with E-state index in [0.29, 0.717) is 53.8 Å². The maximum Gasteiger partial charge on any atom is 0.240 e. The molecule has 0 spiro atoms. The van der Waals surface area contributed by atoms with Gasteiger partial charge < -0.3 is 10.8 Å². The highest BCUT2D eigenvalue weighted by atomic mass is 32.2.